The molecule has 0 unspecified atom stereocenters. The third-order valence-corrected chi connectivity index (χ3v) is 1.66. The number of halogens is 2. The molecule has 2 nitrogen and oxygen atoms in total. The van der Waals surface area contributed by atoms with Gasteiger partial charge in [0.25, 0.3) is 0 Å². The Labute approximate surface area is 59.5 Å². The summed E-state index contributed by atoms with van der Waals surface area (Å²) in [7, 11) is 0. The number of ketones is 1. The Morgan fingerprint density at radius 2 is 2.40 bits per heavy atom. The standard InChI is InChI=1S/C5H3F2NOS/c6-5(7)4(9)3-1-8-2-10-3/h1-2,5H. The van der Waals surface area contributed by atoms with E-state index in [2.05, 4.69) is 4.98 Å². The van der Waals surface area contributed by atoms with Gasteiger partial charge in [0.1, 0.15) is 0 Å². The lowest BCUT2D eigenvalue weighted by molar-refractivity contribution is 0.0683. The van der Waals surface area contributed by atoms with E-state index >= 15 is 0 Å². The molecule has 0 fully saturated rings. The Morgan fingerprint density at radius 3 is 2.80 bits per heavy atom. The van der Waals surface area contributed by atoms with E-state index in [1.807, 2.05) is 0 Å². The van der Waals surface area contributed by atoms with Crippen LogP contribution in [-0.4, -0.2) is 17.2 Å². The summed E-state index contributed by atoms with van der Waals surface area (Å²) in [6.45, 7) is 0. The number of rotatable bonds is 2. The molecular formula is C5H3F2NOS. The maximum Gasteiger partial charge on any atom is 0.301 e. The topological polar surface area (TPSA) is 30.0 Å². The minimum atomic E-state index is -2.92. The molecule has 0 radical (unpaired) electrons. The summed E-state index contributed by atoms with van der Waals surface area (Å²) in [6.07, 6.45) is -1.78. The molecular weight excluding hydrogens is 160 g/mol. The minimum Gasteiger partial charge on any atom is -0.287 e. The van der Waals surface area contributed by atoms with Gasteiger partial charge in [0.2, 0.25) is 5.78 Å². The van der Waals surface area contributed by atoms with E-state index in [4.69, 9.17) is 0 Å². The van der Waals surface area contributed by atoms with Crippen LogP contribution in [0.15, 0.2) is 11.7 Å². The fraction of sp³-hybridized carbons (Fsp3) is 0.200. The second-order valence-corrected chi connectivity index (χ2v) is 2.42. The molecule has 0 aliphatic carbocycles. The van der Waals surface area contributed by atoms with E-state index in [9.17, 15) is 13.6 Å². The molecule has 0 bridgehead atoms. The Hall–Kier alpha value is -0.840. The van der Waals surface area contributed by atoms with Crippen molar-refractivity contribution in [3.63, 3.8) is 0 Å². The Balaban J connectivity index is 2.78. The number of thiazole rings is 1. The number of alkyl halides is 2. The first-order valence-corrected chi connectivity index (χ1v) is 3.30. The molecule has 10 heavy (non-hydrogen) atoms. The zero-order chi connectivity index (χ0) is 7.56. The summed E-state index contributed by atoms with van der Waals surface area (Å²) in [4.78, 5) is 13.9. The Kier molecular flexibility index (Phi) is 2.06. The molecule has 0 saturated heterocycles. The van der Waals surface area contributed by atoms with Crippen LogP contribution in [0, 0.1) is 0 Å². The van der Waals surface area contributed by atoms with Gasteiger partial charge in [-0.25, -0.2) is 8.78 Å². The lowest BCUT2D eigenvalue weighted by Crippen LogP contribution is -2.07. The SMILES string of the molecule is O=C(c1cncs1)C(F)F. The second kappa shape index (κ2) is 2.83. The Bertz CT molecular complexity index is 222. The highest BCUT2D eigenvalue weighted by molar-refractivity contribution is 7.11. The maximum atomic E-state index is 11.6. The molecule has 0 amide bonds. The van der Waals surface area contributed by atoms with Crippen LogP contribution < -0.4 is 0 Å². The first kappa shape index (κ1) is 7.27. The van der Waals surface area contributed by atoms with Gasteiger partial charge in [-0.15, -0.1) is 11.3 Å². The fourth-order valence-corrected chi connectivity index (χ4v) is 1.01. The van der Waals surface area contributed by atoms with Crippen molar-refractivity contribution in [2.24, 2.45) is 0 Å². The molecule has 1 aromatic heterocycles. The highest BCUT2D eigenvalue weighted by Gasteiger charge is 2.18. The summed E-state index contributed by atoms with van der Waals surface area (Å²) in [5.41, 5.74) is 1.34. The lowest BCUT2D eigenvalue weighted by atomic mass is 10.4. The molecule has 1 aromatic rings. The van der Waals surface area contributed by atoms with Crippen molar-refractivity contribution in [1.82, 2.24) is 4.98 Å². The van der Waals surface area contributed by atoms with Crippen LogP contribution in [0.5, 0.6) is 0 Å². The lowest BCUT2D eigenvalue weighted by Gasteiger charge is -1.90. The van der Waals surface area contributed by atoms with E-state index < -0.39 is 12.2 Å². The average molecular weight is 163 g/mol. The predicted octanol–water partition coefficient (Wildman–Crippen LogP) is 1.59. The molecule has 1 heterocycles. The first-order chi connectivity index (χ1) is 4.72. The van der Waals surface area contributed by atoms with Crippen molar-refractivity contribution in [3.8, 4) is 0 Å². The molecule has 0 saturated carbocycles. The van der Waals surface area contributed by atoms with E-state index in [0.717, 1.165) is 17.5 Å². The monoisotopic (exact) mass is 163 g/mol. The number of hydrogen-bond acceptors (Lipinski definition) is 3. The number of carbonyl (C=O) groups is 1. The van der Waals surface area contributed by atoms with Crippen molar-refractivity contribution in [1.29, 1.82) is 0 Å². The number of Topliss-reactive ketones (excluding diaryl/α,β-unsaturated/α-hetero) is 1. The zero-order valence-corrected chi connectivity index (χ0v) is 5.57. The fourth-order valence-electron chi connectivity index (χ4n) is 0.445. The van der Waals surface area contributed by atoms with E-state index in [1.165, 1.54) is 5.51 Å². The predicted molar refractivity (Wildman–Crippen MR) is 32.4 cm³/mol. The summed E-state index contributed by atoms with van der Waals surface area (Å²) in [5.74, 6) is -1.15. The maximum absolute atomic E-state index is 11.6. The van der Waals surface area contributed by atoms with Gasteiger partial charge in [-0.2, -0.15) is 0 Å². The van der Waals surface area contributed by atoms with Crippen molar-refractivity contribution >= 4 is 17.1 Å². The van der Waals surface area contributed by atoms with Crippen LogP contribution in [0.3, 0.4) is 0 Å². The van der Waals surface area contributed by atoms with Crippen LogP contribution in [-0.2, 0) is 0 Å². The van der Waals surface area contributed by atoms with Crippen LogP contribution >= 0.6 is 11.3 Å². The van der Waals surface area contributed by atoms with Crippen LogP contribution in [0.25, 0.3) is 0 Å². The van der Waals surface area contributed by atoms with Crippen molar-refractivity contribution in [2.45, 2.75) is 6.43 Å². The highest BCUT2D eigenvalue weighted by Crippen LogP contribution is 2.10. The number of nitrogens with zero attached hydrogens (tertiary/aromatic N) is 1. The van der Waals surface area contributed by atoms with Crippen molar-refractivity contribution in [3.05, 3.63) is 16.6 Å². The summed E-state index contributed by atoms with van der Waals surface area (Å²) < 4.78 is 23.2. The van der Waals surface area contributed by atoms with Gasteiger partial charge in [-0.3, -0.25) is 9.78 Å². The average Bonchev–Trinajstić information content (AvgIpc) is 2.36. The van der Waals surface area contributed by atoms with Crippen molar-refractivity contribution < 1.29 is 13.6 Å². The van der Waals surface area contributed by atoms with Crippen molar-refractivity contribution in [2.75, 3.05) is 0 Å². The number of hydrogen-bond donors (Lipinski definition) is 0. The summed E-state index contributed by atoms with van der Waals surface area (Å²) >= 11 is 0.919. The smallest absolute Gasteiger partial charge is 0.287 e. The van der Waals surface area contributed by atoms with E-state index in [-0.39, 0.29) is 4.88 Å². The normalized spacial score (nSPS) is 10.3. The van der Waals surface area contributed by atoms with E-state index in [1.54, 1.807) is 0 Å². The van der Waals surface area contributed by atoms with Gasteiger partial charge < -0.3 is 0 Å². The highest BCUT2D eigenvalue weighted by atomic mass is 32.1. The number of aromatic nitrogens is 1. The van der Waals surface area contributed by atoms with E-state index in [0.29, 0.717) is 0 Å². The van der Waals surface area contributed by atoms with Gasteiger partial charge >= 0.3 is 6.43 Å². The molecule has 0 atom stereocenters. The first-order valence-electron chi connectivity index (χ1n) is 2.42. The molecule has 0 N–H and O–H groups in total. The summed E-state index contributed by atoms with van der Waals surface area (Å²) in [6, 6.07) is 0. The minimum absolute atomic E-state index is 0.00926. The second-order valence-electron chi connectivity index (χ2n) is 1.53. The molecule has 0 aliphatic heterocycles. The van der Waals surface area contributed by atoms with Gasteiger partial charge in [0.15, 0.2) is 0 Å². The Morgan fingerprint density at radius 1 is 1.70 bits per heavy atom. The van der Waals surface area contributed by atoms with Gasteiger partial charge in [0.05, 0.1) is 10.4 Å². The quantitative estimate of drug-likeness (QED) is 0.619. The van der Waals surface area contributed by atoms with Crippen LogP contribution in [0.4, 0.5) is 8.78 Å². The molecule has 0 spiro atoms. The third kappa shape index (κ3) is 1.36. The molecule has 54 valence electrons. The molecule has 1 rings (SSSR count). The van der Waals surface area contributed by atoms with Gasteiger partial charge in [-0.05, 0) is 0 Å². The molecule has 0 aliphatic rings. The molecule has 5 heteroatoms. The summed E-state index contributed by atoms with van der Waals surface area (Å²) in [5, 5.41) is 0. The van der Waals surface area contributed by atoms with Crippen LogP contribution in [0.1, 0.15) is 9.67 Å². The third-order valence-electron chi connectivity index (χ3n) is 0.873. The van der Waals surface area contributed by atoms with Crippen LogP contribution in [0.2, 0.25) is 0 Å². The molecule has 0 aromatic carbocycles. The van der Waals surface area contributed by atoms with Gasteiger partial charge in [-0.1, -0.05) is 0 Å². The largest absolute Gasteiger partial charge is 0.301 e. The number of carbonyl (C=O) groups excluding carboxylic acids is 1. The zero-order valence-electron chi connectivity index (χ0n) is 4.75. The van der Waals surface area contributed by atoms with Gasteiger partial charge in [0, 0.05) is 6.20 Å².